The van der Waals surface area contributed by atoms with Crippen LogP contribution in [0.5, 0.6) is 0 Å². The van der Waals surface area contributed by atoms with Crippen molar-refractivity contribution in [1.29, 1.82) is 0 Å². The smallest absolute Gasteiger partial charge is 0.128 e. The third kappa shape index (κ3) is 5.10. The Morgan fingerprint density at radius 3 is 2.64 bits per heavy atom. The van der Waals surface area contributed by atoms with E-state index in [1.165, 1.54) is 0 Å². The molecule has 0 radical (unpaired) electrons. The number of nitrogens with one attached hydrogen (secondary N) is 1. The second-order valence-electron chi connectivity index (χ2n) is 8.27. The summed E-state index contributed by atoms with van der Waals surface area (Å²) in [4.78, 5) is 11.1. The number of aromatic nitrogens is 4. The summed E-state index contributed by atoms with van der Waals surface area (Å²) in [7, 11) is 0. The summed E-state index contributed by atoms with van der Waals surface area (Å²) in [5.74, 6) is 1.01. The number of hydrogen-bond acceptors (Lipinski definition) is 6. The number of anilines is 1. The molecule has 1 N–H and O–H groups in total. The molecule has 1 aliphatic rings. The predicted molar refractivity (Wildman–Crippen MR) is 129 cm³/mol. The van der Waals surface area contributed by atoms with E-state index in [1.54, 1.807) is 12.4 Å². The van der Waals surface area contributed by atoms with Crippen LogP contribution < -0.4 is 10.2 Å². The molecule has 5 rings (SSSR count). The van der Waals surface area contributed by atoms with E-state index in [0.29, 0.717) is 6.54 Å². The highest BCUT2D eigenvalue weighted by Gasteiger charge is 2.17. The molecule has 4 heterocycles. The number of hydrogen-bond donors (Lipinski definition) is 1. The minimum atomic E-state index is 0.244. The van der Waals surface area contributed by atoms with Crippen molar-refractivity contribution < 1.29 is 4.74 Å². The first kappa shape index (κ1) is 21.3. The van der Waals surface area contributed by atoms with Gasteiger partial charge in [-0.3, -0.25) is 4.98 Å². The number of ether oxygens (including phenoxy) is 1. The van der Waals surface area contributed by atoms with E-state index in [4.69, 9.17) is 9.84 Å². The van der Waals surface area contributed by atoms with Gasteiger partial charge in [0.2, 0.25) is 0 Å². The second kappa shape index (κ2) is 9.94. The Bertz CT molecular complexity index is 1160. The quantitative estimate of drug-likeness (QED) is 0.471. The van der Waals surface area contributed by atoms with Gasteiger partial charge in [-0.05, 0) is 42.8 Å². The van der Waals surface area contributed by atoms with E-state index >= 15 is 0 Å². The molecule has 0 amide bonds. The van der Waals surface area contributed by atoms with Crippen LogP contribution in [0.3, 0.4) is 0 Å². The summed E-state index contributed by atoms with van der Waals surface area (Å²) >= 11 is 0. The van der Waals surface area contributed by atoms with Crippen molar-refractivity contribution in [3.8, 4) is 16.9 Å². The lowest BCUT2D eigenvalue weighted by Crippen LogP contribution is -2.41. The monoisotopic (exact) mass is 440 g/mol. The maximum absolute atomic E-state index is 5.63. The average molecular weight is 441 g/mol. The van der Waals surface area contributed by atoms with Crippen LogP contribution in [0, 0.1) is 0 Å². The van der Waals surface area contributed by atoms with Gasteiger partial charge in [-0.15, -0.1) is 0 Å². The number of para-hydroxylation sites is 1. The highest BCUT2D eigenvalue weighted by atomic mass is 16.5. The van der Waals surface area contributed by atoms with Gasteiger partial charge < -0.3 is 15.0 Å². The minimum absolute atomic E-state index is 0.244. The third-order valence-electron chi connectivity index (χ3n) is 5.78. The van der Waals surface area contributed by atoms with E-state index in [1.807, 2.05) is 41.2 Å². The first-order chi connectivity index (χ1) is 16.3. The zero-order chi connectivity index (χ0) is 22.5. The molecule has 1 fully saturated rings. The van der Waals surface area contributed by atoms with Crippen LogP contribution in [0.2, 0.25) is 0 Å². The maximum atomic E-state index is 5.63. The van der Waals surface area contributed by atoms with Crippen molar-refractivity contribution >= 4 is 5.82 Å². The zero-order valence-electron chi connectivity index (χ0n) is 18.8. The van der Waals surface area contributed by atoms with Gasteiger partial charge in [0.25, 0.3) is 0 Å². The number of pyridine rings is 2. The number of morpholine rings is 1. The maximum Gasteiger partial charge on any atom is 0.128 e. The SMILES string of the molecule is CC1CN(c2ccc(CNCc3cn(-c4ccccc4)nc3-c3ccncc3)cn2)CCO1. The largest absolute Gasteiger partial charge is 0.375 e. The molecule has 3 aromatic heterocycles. The van der Waals surface area contributed by atoms with Crippen molar-refractivity contribution in [3.05, 3.63) is 90.5 Å². The Labute approximate surface area is 194 Å². The van der Waals surface area contributed by atoms with Crippen LogP contribution in [0.4, 0.5) is 5.82 Å². The molecular weight excluding hydrogens is 412 g/mol. The fraction of sp³-hybridized carbons (Fsp3) is 0.269. The molecule has 0 saturated carbocycles. The molecule has 1 saturated heterocycles. The van der Waals surface area contributed by atoms with Gasteiger partial charge in [0.1, 0.15) is 5.82 Å². The highest BCUT2D eigenvalue weighted by Crippen LogP contribution is 2.23. The van der Waals surface area contributed by atoms with Crippen molar-refractivity contribution in [3.63, 3.8) is 0 Å². The molecule has 7 nitrogen and oxygen atoms in total. The summed E-state index contributed by atoms with van der Waals surface area (Å²) in [6, 6.07) is 18.4. The topological polar surface area (TPSA) is 68.1 Å². The Balaban J connectivity index is 1.28. The van der Waals surface area contributed by atoms with Gasteiger partial charge in [0, 0.05) is 62.1 Å². The standard InChI is InChI=1S/C26H28N6O/c1-20-18-31(13-14-33-20)25-8-7-21(16-29-25)15-28-17-23-19-32(24-5-3-2-4-6-24)30-26(23)22-9-11-27-12-10-22/h2-12,16,19-20,28H,13-15,17-18H2,1H3. The van der Waals surface area contributed by atoms with Gasteiger partial charge in [-0.1, -0.05) is 24.3 Å². The highest BCUT2D eigenvalue weighted by molar-refractivity contribution is 5.62. The van der Waals surface area contributed by atoms with Crippen LogP contribution >= 0.6 is 0 Å². The third-order valence-corrected chi connectivity index (χ3v) is 5.78. The van der Waals surface area contributed by atoms with E-state index in [-0.39, 0.29) is 6.10 Å². The lowest BCUT2D eigenvalue weighted by molar-refractivity contribution is 0.0529. The zero-order valence-corrected chi connectivity index (χ0v) is 18.8. The molecule has 1 aromatic carbocycles. The number of rotatable bonds is 7. The van der Waals surface area contributed by atoms with Gasteiger partial charge >= 0.3 is 0 Å². The summed E-state index contributed by atoms with van der Waals surface area (Å²) < 4.78 is 7.57. The lowest BCUT2D eigenvalue weighted by Gasteiger charge is -2.32. The van der Waals surface area contributed by atoms with Crippen LogP contribution in [-0.2, 0) is 17.8 Å². The van der Waals surface area contributed by atoms with Crippen molar-refractivity contribution in [2.45, 2.75) is 26.1 Å². The Hall–Kier alpha value is -3.55. The summed E-state index contributed by atoms with van der Waals surface area (Å²) in [6.07, 6.45) is 7.90. The molecule has 1 atom stereocenters. The van der Waals surface area contributed by atoms with Gasteiger partial charge in [0.15, 0.2) is 0 Å². The average Bonchev–Trinajstić information content (AvgIpc) is 3.30. The summed E-state index contributed by atoms with van der Waals surface area (Å²) in [6.45, 7) is 6.06. The Morgan fingerprint density at radius 1 is 1.03 bits per heavy atom. The molecule has 1 unspecified atom stereocenters. The Kier molecular flexibility index (Phi) is 6.41. The molecule has 33 heavy (non-hydrogen) atoms. The van der Waals surface area contributed by atoms with E-state index < -0.39 is 0 Å². The molecular formula is C26H28N6O. The van der Waals surface area contributed by atoms with Crippen molar-refractivity contribution in [1.82, 2.24) is 25.1 Å². The number of benzene rings is 1. The molecule has 1 aliphatic heterocycles. The lowest BCUT2D eigenvalue weighted by atomic mass is 10.1. The van der Waals surface area contributed by atoms with Crippen LogP contribution in [0.1, 0.15) is 18.1 Å². The fourth-order valence-corrected chi connectivity index (χ4v) is 4.08. The van der Waals surface area contributed by atoms with Gasteiger partial charge in [0.05, 0.1) is 24.1 Å². The van der Waals surface area contributed by atoms with Crippen LogP contribution in [0.25, 0.3) is 16.9 Å². The molecule has 0 spiro atoms. The first-order valence-electron chi connectivity index (χ1n) is 11.3. The predicted octanol–water partition coefficient (Wildman–Crippen LogP) is 3.84. The molecule has 0 bridgehead atoms. The van der Waals surface area contributed by atoms with Crippen LogP contribution in [0.15, 0.2) is 79.4 Å². The molecule has 7 heteroatoms. The van der Waals surface area contributed by atoms with E-state index in [2.05, 4.69) is 57.6 Å². The normalized spacial score (nSPS) is 16.2. The van der Waals surface area contributed by atoms with E-state index in [0.717, 1.165) is 60.1 Å². The fourth-order valence-electron chi connectivity index (χ4n) is 4.08. The molecule has 168 valence electrons. The first-order valence-corrected chi connectivity index (χ1v) is 11.3. The van der Waals surface area contributed by atoms with Crippen molar-refractivity contribution in [2.75, 3.05) is 24.6 Å². The van der Waals surface area contributed by atoms with Gasteiger partial charge in [-0.25, -0.2) is 9.67 Å². The Morgan fingerprint density at radius 2 is 1.88 bits per heavy atom. The summed E-state index contributed by atoms with van der Waals surface area (Å²) in [5.41, 5.74) is 5.35. The van der Waals surface area contributed by atoms with E-state index in [9.17, 15) is 0 Å². The minimum Gasteiger partial charge on any atom is -0.375 e. The molecule has 4 aromatic rings. The summed E-state index contributed by atoms with van der Waals surface area (Å²) in [5, 5.41) is 8.42. The van der Waals surface area contributed by atoms with Crippen LogP contribution in [-0.4, -0.2) is 45.5 Å². The van der Waals surface area contributed by atoms with Crippen molar-refractivity contribution in [2.24, 2.45) is 0 Å². The van der Waals surface area contributed by atoms with Gasteiger partial charge in [-0.2, -0.15) is 5.10 Å². The second-order valence-corrected chi connectivity index (χ2v) is 8.27. The molecule has 0 aliphatic carbocycles. The number of nitrogens with zero attached hydrogens (tertiary/aromatic N) is 5.